The van der Waals surface area contributed by atoms with Crippen LogP contribution in [0.15, 0.2) is 0 Å². The molecule has 1 saturated carbocycles. The first kappa shape index (κ1) is 25.7. The number of carbonyl (C=O) groups is 1. The molecule has 1 aliphatic heterocycles. The van der Waals surface area contributed by atoms with Crippen LogP contribution in [0.5, 0.6) is 0 Å². The van der Waals surface area contributed by atoms with E-state index in [2.05, 4.69) is 33.9 Å². The predicted molar refractivity (Wildman–Crippen MR) is 117 cm³/mol. The Labute approximate surface area is 182 Å². The molecule has 1 aliphatic carbocycles. The molecule has 176 valence electrons. The Bertz CT molecular complexity index is 624. The first-order chi connectivity index (χ1) is 13.5. The Morgan fingerprint density at radius 3 is 2.27 bits per heavy atom. The van der Waals surface area contributed by atoms with Gasteiger partial charge >= 0.3 is 5.97 Å². The monoisotopic (exact) mass is 446 g/mol. The van der Waals surface area contributed by atoms with Gasteiger partial charge in [0.15, 0.2) is 13.9 Å². The molecule has 0 radical (unpaired) electrons. The van der Waals surface area contributed by atoms with Crippen LogP contribution >= 0.6 is 0 Å². The quantitative estimate of drug-likeness (QED) is 0.277. The summed E-state index contributed by atoms with van der Waals surface area (Å²) in [4.78, 5) is 12.8. The molecule has 0 aromatic heterocycles. The van der Waals surface area contributed by atoms with Crippen molar-refractivity contribution < 1.29 is 33.3 Å². The van der Waals surface area contributed by atoms with E-state index in [0.29, 0.717) is 6.42 Å². The Balaban J connectivity index is 2.52. The second kappa shape index (κ2) is 8.44. The molecule has 7 nitrogen and oxygen atoms in total. The Morgan fingerprint density at radius 1 is 1.17 bits per heavy atom. The molecule has 2 fully saturated rings. The van der Waals surface area contributed by atoms with Crippen LogP contribution in [0.2, 0.25) is 18.1 Å². The molecule has 5 atom stereocenters. The number of ether oxygens (including phenoxy) is 4. The fourth-order valence-corrected chi connectivity index (χ4v) is 5.60. The van der Waals surface area contributed by atoms with Crippen molar-refractivity contribution in [2.24, 2.45) is 5.41 Å². The van der Waals surface area contributed by atoms with Gasteiger partial charge in [0.2, 0.25) is 0 Å². The maximum Gasteiger partial charge on any atom is 0.307 e. The highest BCUT2D eigenvalue weighted by Gasteiger charge is 2.68. The van der Waals surface area contributed by atoms with Gasteiger partial charge in [-0.3, -0.25) is 4.79 Å². The standard InChI is InChI=1S/C22H42O7Si/c1-19(2,3)27-15-11-16(29-30(9,10)20(4,5)6)22(13-26-14-25-8)18(24)21(15,7)12-17(23)28-22/h15-16,18,24H,11-14H2,1-10H3/t15-,16-,18+,21+,22-/m0/s1. The summed E-state index contributed by atoms with van der Waals surface area (Å²) in [5, 5.41) is 11.6. The van der Waals surface area contributed by atoms with E-state index in [9.17, 15) is 9.90 Å². The van der Waals surface area contributed by atoms with Gasteiger partial charge in [-0.05, 0) is 38.9 Å². The Kier molecular flexibility index (Phi) is 7.25. The first-order valence-corrected chi connectivity index (χ1v) is 13.7. The molecule has 1 N–H and O–H groups in total. The third kappa shape index (κ3) is 4.94. The van der Waals surface area contributed by atoms with Crippen LogP contribution in [0.1, 0.15) is 61.3 Å². The third-order valence-corrected chi connectivity index (χ3v) is 11.4. The number of carbonyl (C=O) groups excluding carboxylic acids is 1. The van der Waals surface area contributed by atoms with Gasteiger partial charge in [0.25, 0.3) is 0 Å². The van der Waals surface area contributed by atoms with E-state index in [1.807, 2.05) is 27.7 Å². The number of fused-ring (bicyclic) bond motifs is 2. The second-order valence-corrected chi connectivity index (χ2v) is 16.3. The lowest BCUT2D eigenvalue weighted by molar-refractivity contribution is -0.304. The van der Waals surface area contributed by atoms with E-state index >= 15 is 0 Å². The summed E-state index contributed by atoms with van der Waals surface area (Å²) in [6.45, 7) is 18.7. The van der Waals surface area contributed by atoms with Crippen molar-refractivity contribution in [1.82, 2.24) is 0 Å². The van der Waals surface area contributed by atoms with E-state index in [4.69, 9.17) is 23.4 Å². The zero-order valence-corrected chi connectivity index (χ0v) is 21.5. The zero-order valence-electron chi connectivity index (χ0n) is 20.5. The van der Waals surface area contributed by atoms with Crippen LogP contribution in [-0.4, -0.2) is 69.4 Å². The van der Waals surface area contributed by atoms with Gasteiger partial charge in [-0.15, -0.1) is 0 Å². The number of aliphatic hydroxyl groups is 1. The van der Waals surface area contributed by atoms with Crippen LogP contribution in [0.25, 0.3) is 0 Å². The summed E-state index contributed by atoms with van der Waals surface area (Å²) in [5.74, 6) is -0.366. The van der Waals surface area contributed by atoms with Gasteiger partial charge in [0.05, 0.1) is 30.8 Å². The number of esters is 1. The lowest BCUT2D eigenvalue weighted by atomic mass is 9.60. The minimum Gasteiger partial charge on any atom is -0.451 e. The molecule has 1 heterocycles. The maximum atomic E-state index is 12.8. The van der Waals surface area contributed by atoms with Gasteiger partial charge in [0, 0.05) is 18.9 Å². The van der Waals surface area contributed by atoms with Crippen molar-refractivity contribution in [1.29, 1.82) is 0 Å². The predicted octanol–water partition coefficient (Wildman–Crippen LogP) is 3.64. The van der Waals surface area contributed by atoms with E-state index < -0.39 is 37.1 Å². The number of rotatable bonds is 7. The van der Waals surface area contributed by atoms with E-state index in [1.165, 1.54) is 7.11 Å². The normalized spacial score (nSPS) is 35.3. The summed E-state index contributed by atoms with van der Waals surface area (Å²) in [6.07, 6.45) is -1.29. The highest BCUT2D eigenvalue weighted by molar-refractivity contribution is 6.74. The topological polar surface area (TPSA) is 83.5 Å². The number of methoxy groups -OCH3 is 1. The Hall–Kier alpha value is -0.513. The van der Waals surface area contributed by atoms with Crippen LogP contribution < -0.4 is 0 Å². The van der Waals surface area contributed by atoms with Gasteiger partial charge < -0.3 is 28.5 Å². The lowest BCUT2D eigenvalue weighted by Crippen LogP contribution is -2.75. The van der Waals surface area contributed by atoms with Crippen LogP contribution in [0.3, 0.4) is 0 Å². The molecule has 2 aliphatic rings. The van der Waals surface area contributed by atoms with Crippen molar-refractivity contribution >= 4 is 14.3 Å². The van der Waals surface area contributed by atoms with Gasteiger partial charge in [-0.1, -0.05) is 27.7 Å². The Morgan fingerprint density at radius 2 is 1.77 bits per heavy atom. The fraction of sp³-hybridized carbons (Fsp3) is 0.955. The maximum absolute atomic E-state index is 12.8. The smallest absolute Gasteiger partial charge is 0.307 e. The summed E-state index contributed by atoms with van der Waals surface area (Å²) < 4.78 is 29.7. The average molecular weight is 447 g/mol. The molecule has 0 unspecified atom stereocenters. The number of aliphatic hydroxyl groups excluding tert-OH is 1. The van der Waals surface area contributed by atoms with Gasteiger partial charge in [-0.2, -0.15) is 0 Å². The highest BCUT2D eigenvalue weighted by atomic mass is 28.4. The fourth-order valence-electron chi connectivity index (χ4n) is 4.24. The van der Waals surface area contributed by atoms with E-state index in [-0.39, 0.29) is 36.9 Å². The summed E-state index contributed by atoms with van der Waals surface area (Å²) in [5.41, 5.74) is -2.52. The van der Waals surface area contributed by atoms with Crippen molar-refractivity contribution in [2.75, 3.05) is 20.5 Å². The van der Waals surface area contributed by atoms with Crippen molar-refractivity contribution in [3.8, 4) is 0 Å². The summed E-state index contributed by atoms with van der Waals surface area (Å²) in [7, 11) is -0.721. The van der Waals surface area contributed by atoms with Crippen LogP contribution in [0, 0.1) is 5.41 Å². The van der Waals surface area contributed by atoms with Gasteiger partial charge in [-0.25, -0.2) is 0 Å². The minimum absolute atomic E-state index is 0.00483. The van der Waals surface area contributed by atoms with Crippen LogP contribution in [-0.2, 0) is 28.2 Å². The number of hydrogen-bond acceptors (Lipinski definition) is 7. The SMILES string of the molecule is COCOC[C@]12OC(=O)C[C@](C)([C@@H](OC(C)(C)C)C[C@@H]1O[Si](C)(C)C(C)(C)C)[C@H]2O. The van der Waals surface area contributed by atoms with E-state index in [0.717, 1.165) is 0 Å². The number of hydrogen-bond donors (Lipinski definition) is 1. The lowest BCUT2D eigenvalue weighted by Gasteiger charge is -2.61. The van der Waals surface area contributed by atoms with Gasteiger partial charge in [0.1, 0.15) is 12.9 Å². The van der Waals surface area contributed by atoms with Crippen molar-refractivity contribution in [3.63, 3.8) is 0 Å². The molecule has 0 amide bonds. The summed E-state index contributed by atoms with van der Waals surface area (Å²) >= 11 is 0. The molecular formula is C22H42O7Si. The minimum atomic E-state index is -2.25. The van der Waals surface area contributed by atoms with E-state index in [1.54, 1.807) is 0 Å². The molecule has 0 spiro atoms. The molecule has 0 aromatic carbocycles. The molecule has 0 aromatic rings. The average Bonchev–Trinajstić information content (AvgIpc) is 2.54. The molecule has 30 heavy (non-hydrogen) atoms. The second-order valence-electron chi connectivity index (χ2n) is 11.6. The van der Waals surface area contributed by atoms with Crippen molar-refractivity contribution in [3.05, 3.63) is 0 Å². The van der Waals surface area contributed by atoms with Crippen LogP contribution in [0.4, 0.5) is 0 Å². The molecule has 2 rings (SSSR count). The summed E-state index contributed by atoms with van der Waals surface area (Å²) in [6, 6.07) is 0. The molecule has 2 bridgehead atoms. The third-order valence-electron chi connectivity index (χ3n) is 6.89. The first-order valence-electron chi connectivity index (χ1n) is 10.8. The largest absolute Gasteiger partial charge is 0.451 e. The zero-order chi connectivity index (χ0) is 23.2. The molecule has 8 heteroatoms. The molecule has 1 saturated heterocycles. The molecular weight excluding hydrogens is 404 g/mol. The van der Waals surface area contributed by atoms with Crippen molar-refractivity contribution in [2.45, 2.75) is 109 Å². The highest BCUT2D eigenvalue weighted by Crippen LogP contribution is 2.54.